The first-order valence-corrected chi connectivity index (χ1v) is 6.32. The summed E-state index contributed by atoms with van der Waals surface area (Å²) in [6, 6.07) is 7.08. The molecule has 1 aliphatic rings. The van der Waals surface area contributed by atoms with Crippen molar-refractivity contribution < 1.29 is 4.74 Å². The third-order valence-corrected chi connectivity index (χ3v) is 3.58. The molecule has 1 fully saturated rings. The van der Waals surface area contributed by atoms with Gasteiger partial charge in [-0.15, -0.1) is 0 Å². The number of hydrogen-bond acceptors (Lipinski definition) is 3. The van der Waals surface area contributed by atoms with Crippen molar-refractivity contribution in [2.45, 2.75) is 32.4 Å². The lowest BCUT2D eigenvalue weighted by Gasteiger charge is -2.34. The SMILES string of the molecule is Cc1ccc(CN)c(N(C)C2CCOCC2)c1. The largest absolute Gasteiger partial charge is 0.381 e. The molecular formula is C14H22N2O. The predicted molar refractivity (Wildman–Crippen MR) is 71.3 cm³/mol. The van der Waals surface area contributed by atoms with Crippen LogP contribution in [0.25, 0.3) is 0 Å². The van der Waals surface area contributed by atoms with E-state index in [-0.39, 0.29) is 0 Å². The number of aryl methyl sites for hydroxylation is 1. The van der Waals surface area contributed by atoms with Crippen molar-refractivity contribution in [2.24, 2.45) is 5.73 Å². The van der Waals surface area contributed by atoms with Gasteiger partial charge in [-0.3, -0.25) is 0 Å². The van der Waals surface area contributed by atoms with Crippen LogP contribution in [0.1, 0.15) is 24.0 Å². The zero-order valence-corrected chi connectivity index (χ0v) is 10.8. The van der Waals surface area contributed by atoms with Crippen LogP contribution in [0.4, 0.5) is 5.69 Å². The summed E-state index contributed by atoms with van der Waals surface area (Å²) >= 11 is 0. The van der Waals surface area contributed by atoms with Crippen molar-refractivity contribution in [1.82, 2.24) is 0 Å². The van der Waals surface area contributed by atoms with Gasteiger partial charge in [-0.2, -0.15) is 0 Å². The third kappa shape index (κ3) is 2.79. The van der Waals surface area contributed by atoms with Gasteiger partial charge in [0.15, 0.2) is 0 Å². The molecule has 0 spiro atoms. The van der Waals surface area contributed by atoms with Gasteiger partial charge in [0.25, 0.3) is 0 Å². The van der Waals surface area contributed by atoms with E-state index in [0.29, 0.717) is 12.6 Å². The van der Waals surface area contributed by atoms with Gasteiger partial charge >= 0.3 is 0 Å². The molecule has 0 bridgehead atoms. The second kappa shape index (κ2) is 5.52. The molecular weight excluding hydrogens is 212 g/mol. The van der Waals surface area contributed by atoms with Crippen molar-refractivity contribution in [2.75, 3.05) is 25.2 Å². The standard InChI is InChI=1S/C14H22N2O/c1-11-3-4-12(10-15)14(9-11)16(2)13-5-7-17-8-6-13/h3-4,9,13H,5-8,10,15H2,1-2H3. The van der Waals surface area contributed by atoms with Crippen LogP contribution in [-0.2, 0) is 11.3 Å². The maximum Gasteiger partial charge on any atom is 0.0485 e. The highest BCUT2D eigenvalue weighted by molar-refractivity contribution is 5.55. The second-order valence-corrected chi connectivity index (χ2v) is 4.79. The van der Waals surface area contributed by atoms with Crippen molar-refractivity contribution >= 4 is 5.69 Å². The molecule has 1 heterocycles. The molecule has 1 aromatic rings. The van der Waals surface area contributed by atoms with Crippen LogP contribution in [0.15, 0.2) is 18.2 Å². The monoisotopic (exact) mass is 234 g/mol. The first kappa shape index (κ1) is 12.4. The summed E-state index contributed by atoms with van der Waals surface area (Å²) < 4.78 is 5.41. The summed E-state index contributed by atoms with van der Waals surface area (Å²) in [4.78, 5) is 2.37. The molecule has 2 rings (SSSR count). The van der Waals surface area contributed by atoms with Crippen molar-refractivity contribution in [3.63, 3.8) is 0 Å². The number of benzene rings is 1. The Bertz CT molecular complexity index is 372. The first-order chi connectivity index (χ1) is 8.22. The van der Waals surface area contributed by atoms with Crippen LogP contribution >= 0.6 is 0 Å². The summed E-state index contributed by atoms with van der Waals surface area (Å²) in [7, 11) is 2.17. The number of anilines is 1. The highest BCUT2D eigenvalue weighted by Crippen LogP contribution is 2.26. The van der Waals surface area contributed by atoms with E-state index in [4.69, 9.17) is 10.5 Å². The van der Waals surface area contributed by atoms with Crippen molar-refractivity contribution in [3.05, 3.63) is 29.3 Å². The van der Waals surface area contributed by atoms with Gasteiger partial charge in [-0.05, 0) is 37.0 Å². The Morgan fingerprint density at radius 2 is 2.06 bits per heavy atom. The Morgan fingerprint density at radius 1 is 1.35 bits per heavy atom. The first-order valence-electron chi connectivity index (χ1n) is 6.32. The van der Waals surface area contributed by atoms with Gasteiger partial charge in [0, 0.05) is 38.5 Å². The molecule has 0 aliphatic carbocycles. The molecule has 17 heavy (non-hydrogen) atoms. The Balaban J connectivity index is 2.21. The lowest BCUT2D eigenvalue weighted by molar-refractivity contribution is 0.0854. The van der Waals surface area contributed by atoms with Crippen LogP contribution in [-0.4, -0.2) is 26.3 Å². The molecule has 1 saturated heterocycles. The van der Waals surface area contributed by atoms with Crippen molar-refractivity contribution in [1.29, 1.82) is 0 Å². The number of nitrogens with zero attached hydrogens (tertiary/aromatic N) is 1. The molecule has 0 amide bonds. The lowest BCUT2D eigenvalue weighted by atomic mass is 10.0. The van der Waals surface area contributed by atoms with Gasteiger partial charge in [-0.1, -0.05) is 12.1 Å². The summed E-state index contributed by atoms with van der Waals surface area (Å²) in [6.07, 6.45) is 2.21. The highest BCUT2D eigenvalue weighted by atomic mass is 16.5. The zero-order chi connectivity index (χ0) is 12.3. The third-order valence-electron chi connectivity index (χ3n) is 3.58. The summed E-state index contributed by atoms with van der Waals surface area (Å²) in [6.45, 7) is 4.47. The molecule has 1 aromatic carbocycles. The van der Waals surface area contributed by atoms with Gasteiger partial charge in [-0.25, -0.2) is 0 Å². The predicted octanol–water partition coefficient (Wildman–Crippen LogP) is 2.07. The van der Waals surface area contributed by atoms with Gasteiger partial charge < -0.3 is 15.4 Å². The molecule has 0 atom stereocenters. The van der Waals surface area contributed by atoms with E-state index < -0.39 is 0 Å². The minimum absolute atomic E-state index is 0.579. The minimum atomic E-state index is 0.579. The minimum Gasteiger partial charge on any atom is -0.381 e. The van der Waals surface area contributed by atoms with Gasteiger partial charge in [0.05, 0.1) is 0 Å². The van der Waals surface area contributed by atoms with Crippen LogP contribution in [0, 0.1) is 6.92 Å². The number of rotatable bonds is 3. The van der Waals surface area contributed by atoms with Crippen LogP contribution < -0.4 is 10.6 Å². The van der Waals surface area contributed by atoms with E-state index in [1.165, 1.54) is 16.8 Å². The topological polar surface area (TPSA) is 38.5 Å². The molecule has 0 unspecified atom stereocenters. The number of ether oxygens (including phenoxy) is 1. The quantitative estimate of drug-likeness (QED) is 0.870. The Labute approximate surface area is 104 Å². The smallest absolute Gasteiger partial charge is 0.0485 e. The maximum atomic E-state index is 5.82. The molecule has 0 aromatic heterocycles. The molecule has 1 aliphatic heterocycles. The Hall–Kier alpha value is -1.06. The van der Waals surface area contributed by atoms with E-state index in [2.05, 4.69) is 37.1 Å². The maximum absolute atomic E-state index is 5.82. The Morgan fingerprint density at radius 3 is 2.71 bits per heavy atom. The molecule has 3 nitrogen and oxygen atoms in total. The molecule has 2 N–H and O–H groups in total. The van der Waals surface area contributed by atoms with Crippen LogP contribution in [0.2, 0.25) is 0 Å². The fourth-order valence-electron chi connectivity index (χ4n) is 2.44. The van der Waals surface area contributed by atoms with Gasteiger partial charge in [0.2, 0.25) is 0 Å². The highest BCUT2D eigenvalue weighted by Gasteiger charge is 2.20. The molecule has 0 radical (unpaired) electrons. The van der Waals surface area contributed by atoms with Crippen molar-refractivity contribution in [3.8, 4) is 0 Å². The number of hydrogen-bond donors (Lipinski definition) is 1. The fourth-order valence-corrected chi connectivity index (χ4v) is 2.44. The number of nitrogens with two attached hydrogens (primary N) is 1. The zero-order valence-electron chi connectivity index (χ0n) is 10.8. The second-order valence-electron chi connectivity index (χ2n) is 4.79. The molecule has 0 saturated carbocycles. The van der Waals surface area contributed by atoms with Crippen LogP contribution in [0.3, 0.4) is 0 Å². The van der Waals surface area contributed by atoms with E-state index in [1.54, 1.807) is 0 Å². The average Bonchev–Trinajstić information content (AvgIpc) is 2.39. The summed E-state index contributed by atoms with van der Waals surface area (Å²) in [5.74, 6) is 0. The molecule has 94 valence electrons. The van der Waals surface area contributed by atoms with E-state index in [0.717, 1.165) is 26.1 Å². The van der Waals surface area contributed by atoms with Crippen LogP contribution in [0.5, 0.6) is 0 Å². The lowest BCUT2D eigenvalue weighted by Crippen LogP contribution is -2.37. The van der Waals surface area contributed by atoms with E-state index >= 15 is 0 Å². The van der Waals surface area contributed by atoms with Gasteiger partial charge in [0.1, 0.15) is 0 Å². The average molecular weight is 234 g/mol. The summed E-state index contributed by atoms with van der Waals surface area (Å²) in [5.41, 5.74) is 9.61. The molecule has 3 heteroatoms. The van der Waals surface area contributed by atoms with E-state index in [9.17, 15) is 0 Å². The summed E-state index contributed by atoms with van der Waals surface area (Å²) in [5, 5.41) is 0. The fraction of sp³-hybridized carbons (Fsp3) is 0.571. The Kier molecular flexibility index (Phi) is 4.02. The normalized spacial score (nSPS) is 17.1. The van der Waals surface area contributed by atoms with E-state index in [1.807, 2.05) is 0 Å².